The first-order chi connectivity index (χ1) is 8.15. The summed E-state index contributed by atoms with van der Waals surface area (Å²) in [6.07, 6.45) is 2.06. The second kappa shape index (κ2) is 7.14. The zero-order chi connectivity index (χ0) is 12.7. The molecule has 4 heteroatoms. The molecule has 1 atom stereocenters. The number of unbranched alkanes of at least 4 members (excludes halogenated alkanes) is 1. The lowest BCUT2D eigenvalue weighted by atomic mass is 10.1. The summed E-state index contributed by atoms with van der Waals surface area (Å²) in [6, 6.07) is 4.74. The van der Waals surface area contributed by atoms with Gasteiger partial charge in [0.05, 0.1) is 0 Å². The number of phenolic OH excluding ortho intramolecular Hbond substituents is 2. The molecular weight excluding hydrogens is 218 g/mol. The third-order valence-corrected chi connectivity index (χ3v) is 2.71. The molecule has 0 radical (unpaired) electrons. The van der Waals surface area contributed by atoms with Crippen molar-refractivity contribution >= 4 is 0 Å². The Kier molecular flexibility index (Phi) is 5.80. The van der Waals surface area contributed by atoms with Crippen LogP contribution in [0.2, 0.25) is 0 Å². The molecule has 0 aliphatic rings. The molecule has 0 aliphatic heterocycles. The highest BCUT2D eigenvalue weighted by Gasteiger charge is 2.09. The van der Waals surface area contributed by atoms with Crippen molar-refractivity contribution < 1.29 is 14.9 Å². The summed E-state index contributed by atoms with van der Waals surface area (Å²) in [4.78, 5) is 0. The average Bonchev–Trinajstić information content (AvgIpc) is 2.28. The van der Waals surface area contributed by atoms with Crippen LogP contribution in [-0.2, 0) is 4.74 Å². The van der Waals surface area contributed by atoms with Crippen molar-refractivity contribution in [1.82, 2.24) is 5.32 Å². The summed E-state index contributed by atoms with van der Waals surface area (Å²) >= 11 is 0. The van der Waals surface area contributed by atoms with E-state index >= 15 is 0 Å². The Morgan fingerprint density at radius 3 is 2.71 bits per heavy atom. The van der Waals surface area contributed by atoms with Crippen molar-refractivity contribution in [2.24, 2.45) is 0 Å². The molecule has 0 aliphatic carbocycles. The predicted octanol–water partition coefficient (Wildman–Crippen LogP) is 2.18. The number of phenols is 2. The first-order valence-corrected chi connectivity index (χ1v) is 5.89. The fraction of sp³-hybridized carbons (Fsp3) is 0.538. The van der Waals surface area contributed by atoms with E-state index in [1.54, 1.807) is 19.2 Å². The number of ether oxygens (including phenoxy) is 1. The van der Waals surface area contributed by atoms with E-state index < -0.39 is 0 Å². The van der Waals surface area contributed by atoms with Gasteiger partial charge < -0.3 is 20.3 Å². The van der Waals surface area contributed by atoms with Gasteiger partial charge in [0.1, 0.15) is 11.5 Å². The molecule has 1 aromatic rings. The second-order valence-corrected chi connectivity index (χ2v) is 4.12. The van der Waals surface area contributed by atoms with Crippen LogP contribution in [0.5, 0.6) is 11.5 Å². The topological polar surface area (TPSA) is 61.7 Å². The number of benzene rings is 1. The van der Waals surface area contributed by atoms with Crippen molar-refractivity contribution in [2.75, 3.05) is 20.3 Å². The fourth-order valence-corrected chi connectivity index (χ4v) is 1.70. The highest BCUT2D eigenvalue weighted by atomic mass is 16.5. The molecular formula is C13H21NO3. The molecule has 0 bridgehead atoms. The summed E-state index contributed by atoms with van der Waals surface area (Å²) in [5.41, 5.74) is 0.801. The lowest BCUT2D eigenvalue weighted by molar-refractivity contribution is 0.192. The van der Waals surface area contributed by atoms with E-state index in [4.69, 9.17) is 4.74 Å². The van der Waals surface area contributed by atoms with E-state index in [2.05, 4.69) is 5.32 Å². The number of nitrogens with one attached hydrogen (secondary N) is 1. The van der Waals surface area contributed by atoms with E-state index in [0.717, 1.165) is 31.6 Å². The lowest BCUT2D eigenvalue weighted by Crippen LogP contribution is -2.20. The van der Waals surface area contributed by atoms with Crippen LogP contribution in [0, 0.1) is 0 Å². The molecule has 1 aromatic carbocycles. The second-order valence-electron chi connectivity index (χ2n) is 4.12. The Morgan fingerprint density at radius 1 is 1.29 bits per heavy atom. The minimum Gasteiger partial charge on any atom is -0.508 e. The highest BCUT2D eigenvalue weighted by Crippen LogP contribution is 2.27. The van der Waals surface area contributed by atoms with Gasteiger partial charge in [-0.1, -0.05) is 6.07 Å². The average molecular weight is 239 g/mol. The monoisotopic (exact) mass is 239 g/mol. The maximum Gasteiger partial charge on any atom is 0.124 e. The van der Waals surface area contributed by atoms with Crippen molar-refractivity contribution in [2.45, 2.75) is 25.8 Å². The van der Waals surface area contributed by atoms with Crippen molar-refractivity contribution in [3.8, 4) is 11.5 Å². The Balaban J connectivity index is 2.38. The van der Waals surface area contributed by atoms with Crippen molar-refractivity contribution in [1.29, 1.82) is 0 Å². The van der Waals surface area contributed by atoms with Crippen LogP contribution in [0.15, 0.2) is 18.2 Å². The van der Waals surface area contributed by atoms with Gasteiger partial charge in [-0.15, -0.1) is 0 Å². The van der Waals surface area contributed by atoms with E-state index in [9.17, 15) is 10.2 Å². The van der Waals surface area contributed by atoms with Crippen molar-refractivity contribution in [3.63, 3.8) is 0 Å². The van der Waals surface area contributed by atoms with E-state index in [1.807, 2.05) is 6.92 Å². The Hall–Kier alpha value is -1.26. The third-order valence-electron chi connectivity index (χ3n) is 2.71. The van der Waals surface area contributed by atoms with Crippen LogP contribution in [0.1, 0.15) is 31.4 Å². The maximum atomic E-state index is 9.68. The number of methoxy groups -OCH3 is 1. The number of rotatable bonds is 7. The zero-order valence-corrected chi connectivity index (χ0v) is 10.4. The standard InChI is InChI=1S/C13H21NO3/c1-10(14-7-3-4-8-17-2)12-6-5-11(15)9-13(12)16/h5-6,9-10,14-16H,3-4,7-8H2,1-2H3. The van der Waals surface area contributed by atoms with Gasteiger partial charge in [-0.3, -0.25) is 0 Å². The molecule has 0 saturated heterocycles. The third kappa shape index (κ3) is 4.63. The smallest absolute Gasteiger partial charge is 0.124 e. The van der Waals surface area contributed by atoms with Gasteiger partial charge in [0.25, 0.3) is 0 Å². The van der Waals surface area contributed by atoms with Crippen LogP contribution in [0.4, 0.5) is 0 Å². The van der Waals surface area contributed by atoms with Crippen LogP contribution in [-0.4, -0.2) is 30.5 Å². The van der Waals surface area contributed by atoms with Gasteiger partial charge in [-0.05, 0) is 32.4 Å². The summed E-state index contributed by atoms with van der Waals surface area (Å²) in [7, 11) is 1.70. The summed E-state index contributed by atoms with van der Waals surface area (Å²) in [5, 5.41) is 22.2. The van der Waals surface area contributed by atoms with Gasteiger partial charge in [-0.2, -0.15) is 0 Å². The van der Waals surface area contributed by atoms with E-state index in [-0.39, 0.29) is 17.5 Å². The largest absolute Gasteiger partial charge is 0.508 e. The van der Waals surface area contributed by atoms with Gasteiger partial charge in [0.15, 0.2) is 0 Å². The Morgan fingerprint density at radius 2 is 2.06 bits per heavy atom. The molecule has 96 valence electrons. The molecule has 0 aromatic heterocycles. The van der Waals surface area contributed by atoms with Crippen LogP contribution in [0.3, 0.4) is 0 Å². The molecule has 0 amide bonds. The first-order valence-electron chi connectivity index (χ1n) is 5.89. The fourth-order valence-electron chi connectivity index (χ4n) is 1.70. The summed E-state index contributed by atoms with van der Waals surface area (Å²) < 4.78 is 4.97. The number of hydrogen-bond acceptors (Lipinski definition) is 4. The summed E-state index contributed by atoms with van der Waals surface area (Å²) in [6.45, 7) is 3.65. The minimum atomic E-state index is 0.0677. The van der Waals surface area contributed by atoms with Crippen LogP contribution >= 0.6 is 0 Å². The minimum absolute atomic E-state index is 0.0677. The molecule has 4 nitrogen and oxygen atoms in total. The maximum absolute atomic E-state index is 9.68. The normalized spacial score (nSPS) is 12.6. The van der Waals surface area contributed by atoms with Gasteiger partial charge in [-0.25, -0.2) is 0 Å². The van der Waals surface area contributed by atoms with Gasteiger partial charge in [0.2, 0.25) is 0 Å². The predicted molar refractivity (Wildman–Crippen MR) is 67.3 cm³/mol. The molecule has 0 spiro atoms. The molecule has 1 unspecified atom stereocenters. The molecule has 3 N–H and O–H groups in total. The zero-order valence-electron chi connectivity index (χ0n) is 10.4. The van der Waals surface area contributed by atoms with Crippen LogP contribution < -0.4 is 5.32 Å². The molecule has 17 heavy (non-hydrogen) atoms. The number of aromatic hydroxyl groups is 2. The molecule has 0 heterocycles. The van der Waals surface area contributed by atoms with E-state index in [1.165, 1.54) is 6.07 Å². The lowest BCUT2D eigenvalue weighted by Gasteiger charge is -2.15. The molecule has 0 saturated carbocycles. The SMILES string of the molecule is COCCCCNC(C)c1ccc(O)cc1O. The number of hydrogen-bond donors (Lipinski definition) is 3. The Bertz CT molecular complexity index is 341. The first kappa shape index (κ1) is 13.8. The van der Waals surface area contributed by atoms with Gasteiger partial charge >= 0.3 is 0 Å². The summed E-state index contributed by atoms with van der Waals surface area (Å²) in [5.74, 6) is 0.209. The Labute approximate surface area is 102 Å². The molecule has 1 rings (SSSR count). The van der Waals surface area contributed by atoms with Gasteiger partial charge in [0, 0.05) is 31.4 Å². The molecule has 0 fully saturated rings. The quantitative estimate of drug-likeness (QED) is 0.638. The highest BCUT2D eigenvalue weighted by molar-refractivity contribution is 5.40. The van der Waals surface area contributed by atoms with Crippen molar-refractivity contribution in [3.05, 3.63) is 23.8 Å². The van der Waals surface area contributed by atoms with E-state index in [0.29, 0.717) is 0 Å². The van der Waals surface area contributed by atoms with Crippen LogP contribution in [0.25, 0.3) is 0 Å².